The SMILES string of the molecule is CCCCN(CCO)CC(=O)NCCCc1ccccc1. The summed E-state index contributed by atoms with van der Waals surface area (Å²) in [6, 6.07) is 10.3. The molecule has 0 aromatic heterocycles. The molecule has 0 radical (unpaired) electrons. The molecule has 1 aromatic carbocycles. The quantitative estimate of drug-likeness (QED) is 0.612. The first kappa shape index (κ1) is 17.7. The molecule has 2 N–H and O–H groups in total. The molecule has 0 saturated heterocycles. The Labute approximate surface area is 128 Å². The van der Waals surface area contributed by atoms with Crippen LogP contribution >= 0.6 is 0 Å². The number of nitrogens with zero attached hydrogens (tertiary/aromatic N) is 1. The number of aliphatic hydroxyl groups is 1. The van der Waals surface area contributed by atoms with Gasteiger partial charge in [0.05, 0.1) is 13.2 Å². The van der Waals surface area contributed by atoms with Gasteiger partial charge in [-0.1, -0.05) is 43.7 Å². The number of carbonyl (C=O) groups excluding carboxylic acids is 1. The Kier molecular flexibility index (Phi) is 9.49. The van der Waals surface area contributed by atoms with Gasteiger partial charge in [-0.15, -0.1) is 0 Å². The van der Waals surface area contributed by atoms with Gasteiger partial charge >= 0.3 is 0 Å². The average molecular weight is 292 g/mol. The van der Waals surface area contributed by atoms with Crippen LogP contribution in [0, 0.1) is 0 Å². The molecule has 0 unspecified atom stereocenters. The van der Waals surface area contributed by atoms with Crippen LogP contribution in [0.1, 0.15) is 31.7 Å². The van der Waals surface area contributed by atoms with Crippen molar-refractivity contribution in [1.29, 1.82) is 0 Å². The molecule has 1 amide bonds. The number of nitrogens with one attached hydrogen (secondary N) is 1. The predicted molar refractivity (Wildman–Crippen MR) is 86.2 cm³/mol. The van der Waals surface area contributed by atoms with Gasteiger partial charge in [0.1, 0.15) is 0 Å². The Bertz CT molecular complexity index is 382. The van der Waals surface area contributed by atoms with E-state index in [0.29, 0.717) is 19.6 Å². The fourth-order valence-corrected chi connectivity index (χ4v) is 2.22. The van der Waals surface area contributed by atoms with E-state index in [0.717, 1.165) is 32.2 Å². The highest BCUT2D eigenvalue weighted by molar-refractivity contribution is 5.77. The summed E-state index contributed by atoms with van der Waals surface area (Å²) in [6.45, 7) is 4.75. The van der Waals surface area contributed by atoms with Crippen LogP contribution in [0.3, 0.4) is 0 Å². The van der Waals surface area contributed by atoms with Crippen LogP contribution in [0.15, 0.2) is 30.3 Å². The van der Waals surface area contributed by atoms with Crippen molar-refractivity contribution < 1.29 is 9.90 Å². The molecule has 118 valence electrons. The molecule has 4 nitrogen and oxygen atoms in total. The second kappa shape index (κ2) is 11.3. The third-order valence-electron chi connectivity index (χ3n) is 3.42. The molecule has 0 aliphatic carbocycles. The summed E-state index contributed by atoms with van der Waals surface area (Å²) < 4.78 is 0. The lowest BCUT2D eigenvalue weighted by Gasteiger charge is -2.20. The van der Waals surface area contributed by atoms with E-state index < -0.39 is 0 Å². The zero-order chi connectivity index (χ0) is 15.3. The van der Waals surface area contributed by atoms with Gasteiger partial charge in [-0.05, 0) is 31.4 Å². The Balaban J connectivity index is 2.16. The molecule has 0 saturated carbocycles. The molecule has 0 aliphatic rings. The second-order valence-electron chi connectivity index (χ2n) is 5.29. The number of amides is 1. The predicted octanol–water partition coefficient (Wildman–Crippen LogP) is 1.83. The molecule has 21 heavy (non-hydrogen) atoms. The molecule has 1 rings (SSSR count). The number of aryl methyl sites for hydroxylation is 1. The van der Waals surface area contributed by atoms with E-state index in [9.17, 15) is 4.79 Å². The number of benzene rings is 1. The lowest BCUT2D eigenvalue weighted by molar-refractivity contribution is -0.122. The van der Waals surface area contributed by atoms with Crippen LogP contribution in [0.5, 0.6) is 0 Å². The van der Waals surface area contributed by atoms with Crippen molar-refractivity contribution in [2.75, 3.05) is 32.8 Å². The summed E-state index contributed by atoms with van der Waals surface area (Å²) in [4.78, 5) is 13.9. The van der Waals surface area contributed by atoms with E-state index in [1.807, 2.05) is 23.1 Å². The number of hydrogen-bond donors (Lipinski definition) is 2. The maximum Gasteiger partial charge on any atom is 0.234 e. The normalized spacial score (nSPS) is 10.8. The van der Waals surface area contributed by atoms with Crippen molar-refractivity contribution >= 4 is 5.91 Å². The van der Waals surface area contributed by atoms with Crippen molar-refractivity contribution in [3.63, 3.8) is 0 Å². The van der Waals surface area contributed by atoms with Crippen molar-refractivity contribution in [1.82, 2.24) is 10.2 Å². The van der Waals surface area contributed by atoms with Crippen LogP contribution in [0.4, 0.5) is 0 Å². The molecule has 0 aliphatic heterocycles. The highest BCUT2D eigenvalue weighted by Gasteiger charge is 2.09. The number of carbonyl (C=O) groups is 1. The molecule has 0 atom stereocenters. The largest absolute Gasteiger partial charge is 0.395 e. The lowest BCUT2D eigenvalue weighted by Crippen LogP contribution is -2.39. The minimum absolute atomic E-state index is 0.0487. The molecule has 0 bridgehead atoms. The fraction of sp³-hybridized carbons (Fsp3) is 0.588. The van der Waals surface area contributed by atoms with Gasteiger partial charge in [-0.25, -0.2) is 0 Å². The Morgan fingerprint density at radius 3 is 2.62 bits per heavy atom. The summed E-state index contributed by atoms with van der Waals surface area (Å²) >= 11 is 0. The Morgan fingerprint density at radius 2 is 1.95 bits per heavy atom. The first-order chi connectivity index (χ1) is 10.3. The smallest absolute Gasteiger partial charge is 0.234 e. The van der Waals surface area contributed by atoms with Gasteiger partial charge in [-0.3, -0.25) is 9.69 Å². The van der Waals surface area contributed by atoms with E-state index in [2.05, 4.69) is 24.4 Å². The number of aliphatic hydroxyl groups excluding tert-OH is 1. The van der Waals surface area contributed by atoms with Gasteiger partial charge in [0.2, 0.25) is 5.91 Å². The van der Waals surface area contributed by atoms with Crippen LogP contribution in [-0.4, -0.2) is 48.7 Å². The zero-order valence-electron chi connectivity index (χ0n) is 13.1. The highest BCUT2D eigenvalue weighted by Crippen LogP contribution is 2.01. The van der Waals surface area contributed by atoms with Gasteiger partial charge in [0.25, 0.3) is 0 Å². The molecular weight excluding hydrogens is 264 g/mol. The zero-order valence-corrected chi connectivity index (χ0v) is 13.1. The van der Waals surface area contributed by atoms with Crippen LogP contribution in [-0.2, 0) is 11.2 Å². The van der Waals surface area contributed by atoms with Crippen molar-refractivity contribution in [3.8, 4) is 0 Å². The van der Waals surface area contributed by atoms with Gasteiger partial charge < -0.3 is 10.4 Å². The van der Waals surface area contributed by atoms with E-state index in [-0.39, 0.29) is 12.5 Å². The highest BCUT2D eigenvalue weighted by atomic mass is 16.3. The minimum Gasteiger partial charge on any atom is -0.395 e. The summed E-state index contributed by atoms with van der Waals surface area (Å²) in [7, 11) is 0. The van der Waals surface area contributed by atoms with Gasteiger partial charge in [-0.2, -0.15) is 0 Å². The van der Waals surface area contributed by atoms with E-state index in [4.69, 9.17) is 5.11 Å². The third-order valence-corrected chi connectivity index (χ3v) is 3.42. The summed E-state index contributed by atoms with van der Waals surface area (Å²) in [5.41, 5.74) is 1.30. The minimum atomic E-state index is 0.0487. The number of hydrogen-bond acceptors (Lipinski definition) is 3. The standard InChI is InChI=1S/C17H28N2O2/c1-2-3-12-19(13-14-20)15-17(21)18-11-7-10-16-8-5-4-6-9-16/h4-6,8-9,20H,2-3,7,10-15H2,1H3,(H,18,21). The van der Waals surface area contributed by atoms with Crippen molar-refractivity contribution in [2.45, 2.75) is 32.6 Å². The maximum atomic E-state index is 11.9. The van der Waals surface area contributed by atoms with Crippen molar-refractivity contribution in [2.24, 2.45) is 0 Å². The average Bonchev–Trinajstić information content (AvgIpc) is 2.50. The Hall–Kier alpha value is -1.39. The van der Waals surface area contributed by atoms with E-state index in [1.165, 1.54) is 5.56 Å². The molecule has 1 aromatic rings. The topological polar surface area (TPSA) is 52.6 Å². The maximum absolute atomic E-state index is 11.9. The first-order valence-electron chi connectivity index (χ1n) is 7.90. The second-order valence-corrected chi connectivity index (χ2v) is 5.29. The third kappa shape index (κ3) is 8.48. The first-order valence-corrected chi connectivity index (χ1v) is 7.90. The Morgan fingerprint density at radius 1 is 1.19 bits per heavy atom. The molecule has 4 heteroatoms. The molecular formula is C17H28N2O2. The van der Waals surface area contributed by atoms with Gasteiger partial charge in [0, 0.05) is 13.1 Å². The van der Waals surface area contributed by atoms with E-state index >= 15 is 0 Å². The van der Waals surface area contributed by atoms with Crippen LogP contribution in [0.25, 0.3) is 0 Å². The van der Waals surface area contributed by atoms with E-state index in [1.54, 1.807) is 0 Å². The van der Waals surface area contributed by atoms with Crippen molar-refractivity contribution in [3.05, 3.63) is 35.9 Å². The number of unbranched alkanes of at least 4 members (excludes halogenated alkanes) is 1. The monoisotopic (exact) mass is 292 g/mol. The molecule has 0 spiro atoms. The van der Waals surface area contributed by atoms with Crippen LogP contribution in [0.2, 0.25) is 0 Å². The lowest BCUT2D eigenvalue weighted by atomic mass is 10.1. The summed E-state index contributed by atoms with van der Waals surface area (Å²) in [5, 5.41) is 12.0. The molecule has 0 fully saturated rings. The summed E-state index contributed by atoms with van der Waals surface area (Å²) in [5.74, 6) is 0.0487. The van der Waals surface area contributed by atoms with Gasteiger partial charge in [0.15, 0.2) is 0 Å². The number of rotatable bonds is 11. The van der Waals surface area contributed by atoms with Crippen LogP contribution < -0.4 is 5.32 Å². The summed E-state index contributed by atoms with van der Waals surface area (Å²) in [6.07, 6.45) is 4.09. The fourth-order valence-electron chi connectivity index (χ4n) is 2.22. The molecule has 0 heterocycles.